The molecule has 1 N–H and O–H groups in total. The molecule has 0 spiro atoms. The predicted octanol–water partition coefficient (Wildman–Crippen LogP) is 1.79. The van der Waals surface area contributed by atoms with Crippen LogP contribution in [-0.2, 0) is 0 Å². The van der Waals surface area contributed by atoms with Gasteiger partial charge in [-0.05, 0) is 44.4 Å². The molecule has 14 heavy (non-hydrogen) atoms. The van der Waals surface area contributed by atoms with Crippen molar-refractivity contribution in [2.24, 2.45) is 5.92 Å². The summed E-state index contributed by atoms with van der Waals surface area (Å²) in [5.74, 6) is 1.75. The first-order valence-corrected chi connectivity index (χ1v) is 6.22. The van der Waals surface area contributed by atoms with Crippen molar-refractivity contribution in [1.82, 2.24) is 4.90 Å². The minimum Gasteiger partial charge on any atom is -0.389 e. The third kappa shape index (κ3) is 4.20. The van der Waals surface area contributed by atoms with Crippen molar-refractivity contribution in [3.05, 3.63) is 0 Å². The van der Waals surface area contributed by atoms with Gasteiger partial charge in [-0.3, -0.25) is 0 Å². The van der Waals surface area contributed by atoms with Crippen molar-refractivity contribution in [2.45, 2.75) is 38.7 Å². The van der Waals surface area contributed by atoms with Crippen molar-refractivity contribution in [1.29, 1.82) is 0 Å². The first-order chi connectivity index (χ1) is 6.53. The molecule has 1 saturated heterocycles. The molecule has 2 nitrogen and oxygen atoms in total. The van der Waals surface area contributed by atoms with Gasteiger partial charge in [-0.25, -0.2) is 0 Å². The fourth-order valence-electron chi connectivity index (χ4n) is 2.00. The molecule has 2 atom stereocenters. The van der Waals surface area contributed by atoms with Crippen molar-refractivity contribution in [2.75, 3.05) is 25.4 Å². The van der Waals surface area contributed by atoms with Gasteiger partial charge in [0.15, 0.2) is 0 Å². The van der Waals surface area contributed by atoms with Crippen LogP contribution in [0.25, 0.3) is 0 Å². The zero-order chi connectivity index (χ0) is 10.6. The number of β-amino-alcohol motifs (C(OH)–C–C–N with tert-alkyl or cyclic N) is 1. The highest BCUT2D eigenvalue weighted by atomic mass is 32.1. The van der Waals surface area contributed by atoms with Gasteiger partial charge in [0, 0.05) is 13.1 Å². The van der Waals surface area contributed by atoms with Crippen LogP contribution < -0.4 is 0 Å². The van der Waals surface area contributed by atoms with E-state index < -0.39 is 5.60 Å². The van der Waals surface area contributed by atoms with E-state index in [0.29, 0.717) is 0 Å². The van der Waals surface area contributed by atoms with Gasteiger partial charge in [0.1, 0.15) is 0 Å². The normalized spacial score (nSPS) is 30.9. The van der Waals surface area contributed by atoms with Gasteiger partial charge < -0.3 is 10.0 Å². The first kappa shape index (κ1) is 12.3. The average molecular weight is 217 g/mol. The van der Waals surface area contributed by atoms with Crippen LogP contribution in [0.15, 0.2) is 0 Å². The van der Waals surface area contributed by atoms with E-state index in [4.69, 9.17) is 0 Å². The van der Waals surface area contributed by atoms with Crippen LogP contribution >= 0.6 is 12.6 Å². The van der Waals surface area contributed by atoms with Crippen LogP contribution in [-0.4, -0.2) is 41.0 Å². The van der Waals surface area contributed by atoms with Gasteiger partial charge in [0.25, 0.3) is 0 Å². The molecule has 0 aromatic carbocycles. The lowest BCUT2D eigenvalue weighted by Gasteiger charge is -2.20. The number of nitrogens with zero attached hydrogens (tertiary/aromatic N) is 1. The predicted molar refractivity (Wildman–Crippen MR) is 63.9 cm³/mol. The quantitative estimate of drug-likeness (QED) is 0.686. The van der Waals surface area contributed by atoms with E-state index in [2.05, 4.69) is 24.5 Å². The fraction of sp³-hybridized carbons (Fsp3) is 1.00. The third-order valence-electron chi connectivity index (χ3n) is 3.09. The van der Waals surface area contributed by atoms with E-state index in [1.165, 1.54) is 12.8 Å². The third-order valence-corrected chi connectivity index (χ3v) is 3.35. The molecule has 3 heteroatoms. The Hall–Kier alpha value is 0.270. The Bertz CT molecular complexity index is 173. The van der Waals surface area contributed by atoms with E-state index in [1.807, 2.05) is 6.92 Å². The molecule has 2 unspecified atom stereocenters. The molecule has 0 bridgehead atoms. The summed E-state index contributed by atoms with van der Waals surface area (Å²) in [5, 5.41) is 9.78. The molecule has 1 aliphatic rings. The number of rotatable bonds is 5. The standard InChI is InChI=1S/C11H23NOS/c1-10(4-8-14)3-6-12-7-5-11(2,13)9-12/h10,13-14H,3-9H2,1-2H3. The van der Waals surface area contributed by atoms with Gasteiger partial charge in [-0.2, -0.15) is 12.6 Å². The Kier molecular flexibility index (Phi) is 4.74. The maximum Gasteiger partial charge on any atom is 0.0758 e. The van der Waals surface area contributed by atoms with Crippen LogP contribution in [0.4, 0.5) is 0 Å². The second-order valence-corrected chi connectivity index (χ2v) is 5.38. The van der Waals surface area contributed by atoms with Gasteiger partial charge in [-0.1, -0.05) is 6.92 Å². The van der Waals surface area contributed by atoms with Crippen molar-refractivity contribution < 1.29 is 5.11 Å². The molecule has 84 valence electrons. The Balaban J connectivity index is 2.14. The minimum absolute atomic E-state index is 0.438. The van der Waals surface area contributed by atoms with E-state index in [-0.39, 0.29) is 0 Å². The first-order valence-electron chi connectivity index (χ1n) is 5.59. The number of hydrogen-bond donors (Lipinski definition) is 2. The van der Waals surface area contributed by atoms with Crippen LogP contribution in [0.3, 0.4) is 0 Å². The van der Waals surface area contributed by atoms with E-state index in [0.717, 1.165) is 37.7 Å². The summed E-state index contributed by atoms with van der Waals surface area (Å²) in [6.45, 7) is 7.25. The Labute approximate surface area is 93.1 Å². The summed E-state index contributed by atoms with van der Waals surface area (Å²) in [5.41, 5.74) is -0.438. The lowest BCUT2D eigenvalue weighted by molar-refractivity contribution is 0.0681. The summed E-state index contributed by atoms with van der Waals surface area (Å²) >= 11 is 4.24. The summed E-state index contributed by atoms with van der Waals surface area (Å²) in [4.78, 5) is 2.37. The van der Waals surface area contributed by atoms with E-state index in [9.17, 15) is 5.11 Å². The lowest BCUT2D eigenvalue weighted by Crippen LogP contribution is -2.30. The maximum atomic E-state index is 9.78. The monoisotopic (exact) mass is 217 g/mol. The number of aliphatic hydroxyl groups is 1. The van der Waals surface area contributed by atoms with Crippen LogP contribution in [0, 0.1) is 5.92 Å². The summed E-state index contributed by atoms with van der Waals surface area (Å²) in [6, 6.07) is 0. The van der Waals surface area contributed by atoms with Crippen molar-refractivity contribution >= 4 is 12.6 Å². The Morgan fingerprint density at radius 3 is 2.71 bits per heavy atom. The van der Waals surface area contributed by atoms with Gasteiger partial charge in [0.05, 0.1) is 5.60 Å². The molecule has 1 rings (SSSR count). The average Bonchev–Trinajstić information content (AvgIpc) is 2.43. The van der Waals surface area contributed by atoms with Gasteiger partial charge in [0.2, 0.25) is 0 Å². The molecule has 1 aliphatic heterocycles. The highest BCUT2D eigenvalue weighted by Gasteiger charge is 2.30. The van der Waals surface area contributed by atoms with Crippen molar-refractivity contribution in [3.8, 4) is 0 Å². The Morgan fingerprint density at radius 2 is 2.21 bits per heavy atom. The van der Waals surface area contributed by atoms with Crippen LogP contribution in [0.2, 0.25) is 0 Å². The zero-order valence-electron chi connectivity index (χ0n) is 9.37. The molecular formula is C11H23NOS. The van der Waals surface area contributed by atoms with Gasteiger partial charge >= 0.3 is 0 Å². The summed E-state index contributed by atoms with van der Waals surface area (Å²) in [7, 11) is 0. The fourth-order valence-corrected chi connectivity index (χ4v) is 2.44. The number of likely N-dealkylation sites (tertiary alicyclic amines) is 1. The number of thiol groups is 1. The highest BCUT2D eigenvalue weighted by Crippen LogP contribution is 2.21. The largest absolute Gasteiger partial charge is 0.389 e. The zero-order valence-corrected chi connectivity index (χ0v) is 10.3. The summed E-state index contributed by atoms with van der Waals surface area (Å²) < 4.78 is 0. The molecule has 0 aromatic heterocycles. The van der Waals surface area contributed by atoms with E-state index in [1.54, 1.807) is 0 Å². The molecule has 0 saturated carbocycles. The Morgan fingerprint density at radius 1 is 1.50 bits per heavy atom. The molecule has 0 radical (unpaired) electrons. The highest BCUT2D eigenvalue weighted by molar-refractivity contribution is 7.80. The SMILES string of the molecule is CC(CCS)CCN1CCC(C)(O)C1. The lowest BCUT2D eigenvalue weighted by atomic mass is 10.1. The number of hydrogen-bond acceptors (Lipinski definition) is 3. The van der Waals surface area contributed by atoms with Crippen LogP contribution in [0.1, 0.15) is 33.1 Å². The molecule has 1 heterocycles. The topological polar surface area (TPSA) is 23.5 Å². The maximum absolute atomic E-state index is 9.78. The van der Waals surface area contributed by atoms with E-state index >= 15 is 0 Å². The second kappa shape index (κ2) is 5.38. The van der Waals surface area contributed by atoms with Crippen LogP contribution in [0.5, 0.6) is 0 Å². The minimum atomic E-state index is -0.438. The van der Waals surface area contributed by atoms with Crippen molar-refractivity contribution in [3.63, 3.8) is 0 Å². The molecule has 0 aliphatic carbocycles. The smallest absolute Gasteiger partial charge is 0.0758 e. The van der Waals surface area contributed by atoms with Gasteiger partial charge in [-0.15, -0.1) is 0 Å². The second-order valence-electron chi connectivity index (χ2n) is 4.93. The molecular weight excluding hydrogens is 194 g/mol. The molecule has 0 amide bonds. The summed E-state index contributed by atoms with van der Waals surface area (Å²) in [6.07, 6.45) is 3.36. The molecule has 0 aromatic rings. The molecule has 1 fully saturated rings.